The topological polar surface area (TPSA) is 38.9 Å². The minimum absolute atomic E-state index is 0.533. The van der Waals surface area contributed by atoms with Gasteiger partial charge in [0.1, 0.15) is 5.01 Å². The lowest BCUT2D eigenvalue weighted by atomic mass is 10.2. The molecule has 0 aliphatic heterocycles. The Morgan fingerprint density at radius 1 is 1.67 bits per heavy atom. The molecule has 68 valence electrons. The normalized spacial score (nSPS) is 12.0. The van der Waals surface area contributed by atoms with E-state index in [0.29, 0.717) is 11.6 Å². The van der Waals surface area contributed by atoms with Crippen LogP contribution in [0.25, 0.3) is 0 Å². The largest absolute Gasteiger partial charge is 0.330 e. The fourth-order valence-electron chi connectivity index (χ4n) is 0.843. The summed E-state index contributed by atoms with van der Waals surface area (Å²) >= 11 is 1.35. The zero-order valence-corrected chi connectivity index (χ0v) is 8.12. The van der Waals surface area contributed by atoms with Crippen LogP contribution in [0.3, 0.4) is 0 Å². The second kappa shape index (κ2) is 3.49. The van der Waals surface area contributed by atoms with E-state index < -0.39 is 5.67 Å². The Bertz CT molecular complexity index is 252. The number of nitrogens with two attached hydrogens (primary N) is 1. The molecule has 1 rings (SSSR count). The minimum Gasteiger partial charge on any atom is -0.330 e. The van der Waals surface area contributed by atoms with E-state index in [1.807, 2.05) is 5.38 Å². The van der Waals surface area contributed by atoms with Crippen molar-refractivity contribution in [1.82, 2.24) is 4.98 Å². The monoisotopic (exact) mass is 188 g/mol. The van der Waals surface area contributed by atoms with E-state index in [4.69, 9.17) is 5.73 Å². The van der Waals surface area contributed by atoms with E-state index in [0.717, 1.165) is 12.1 Å². The molecule has 0 atom stereocenters. The number of thiazole rings is 1. The molecule has 4 heteroatoms. The predicted octanol–water partition coefficient (Wildman–Crippen LogP) is 1.85. The van der Waals surface area contributed by atoms with Crippen LogP contribution >= 0.6 is 11.3 Å². The van der Waals surface area contributed by atoms with Gasteiger partial charge in [0.15, 0.2) is 5.67 Å². The summed E-state index contributed by atoms with van der Waals surface area (Å²) < 4.78 is 13.3. The molecule has 1 heterocycles. The van der Waals surface area contributed by atoms with E-state index in [1.165, 1.54) is 25.2 Å². The maximum absolute atomic E-state index is 13.3. The van der Waals surface area contributed by atoms with Gasteiger partial charge < -0.3 is 5.73 Å². The van der Waals surface area contributed by atoms with Crippen molar-refractivity contribution in [2.45, 2.75) is 25.9 Å². The number of hydrogen-bond donors (Lipinski definition) is 1. The van der Waals surface area contributed by atoms with Crippen LogP contribution in [0.2, 0.25) is 0 Å². The summed E-state index contributed by atoms with van der Waals surface area (Å²) in [5, 5.41) is 2.40. The van der Waals surface area contributed by atoms with Gasteiger partial charge in [-0.2, -0.15) is 0 Å². The predicted molar refractivity (Wildman–Crippen MR) is 49.0 cm³/mol. The van der Waals surface area contributed by atoms with Crippen molar-refractivity contribution in [1.29, 1.82) is 0 Å². The molecule has 0 bridgehead atoms. The molecule has 0 unspecified atom stereocenters. The van der Waals surface area contributed by atoms with E-state index in [-0.39, 0.29) is 0 Å². The molecule has 0 saturated heterocycles. The van der Waals surface area contributed by atoms with Gasteiger partial charge >= 0.3 is 0 Å². The van der Waals surface area contributed by atoms with Crippen molar-refractivity contribution in [2.24, 2.45) is 5.73 Å². The molecule has 0 radical (unpaired) electrons. The third-order valence-electron chi connectivity index (χ3n) is 1.46. The number of aromatic nitrogens is 1. The second-order valence-corrected chi connectivity index (χ2v) is 4.01. The van der Waals surface area contributed by atoms with Crippen LogP contribution in [0.1, 0.15) is 24.5 Å². The highest BCUT2D eigenvalue weighted by Gasteiger charge is 2.22. The summed E-state index contributed by atoms with van der Waals surface area (Å²) in [6.07, 6.45) is 0.729. The van der Waals surface area contributed by atoms with Crippen LogP contribution in [-0.2, 0) is 12.1 Å². The third kappa shape index (κ3) is 2.25. The first kappa shape index (κ1) is 9.61. The van der Waals surface area contributed by atoms with Gasteiger partial charge in [-0.05, 0) is 20.4 Å². The zero-order chi connectivity index (χ0) is 9.19. The molecule has 0 saturated carbocycles. The molecule has 0 aromatic carbocycles. The highest BCUT2D eigenvalue weighted by Crippen LogP contribution is 2.27. The molecule has 1 aromatic heterocycles. The number of rotatable bonds is 3. The first-order valence-corrected chi connectivity index (χ1v) is 4.76. The summed E-state index contributed by atoms with van der Waals surface area (Å²) in [5.41, 5.74) is 4.92. The first-order valence-electron chi connectivity index (χ1n) is 3.88. The summed E-state index contributed by atoms with van der Waals surface area (Å²) in [5.74, 6) is 0. The van der Waals surface area contributed by atoms with Gasteiger partial charge in [-0.15, -0.1) is 11.3 Å². The Balaban J connectivity index is 2.77. The van der Waals surface area contributed by atoms with Crippen molar-refractivity contribution in [3.05, 3.63) is 16.1 Å². The molecule has 2 nitrogen and oxygen atoms in total. The highest BCUT2D eigenvalue weighted by molar-refractivity contribution is 7.09. The Kier molecular flexibility index (Phi) is 2.80. The summed E-state index contributed by atoms with van der Waals surface area (Å²) in [6, 6.07) is 0. The molecular formula is C8H13FN2S. The molecule has 0 amide bonds. The molecule has 0 fully saturated rings. The van der Waals surface area contributed by atoms with Crippen molar-refractivity contribution < 1.29 is 4.39 Å². The Morgan fingerprint density at radius 3 is 2.75 bits per heavy atom. The quantitative estimate of drug-likeness (QED) is 0.786. The molecule has 1 aromatic rings. The maximum Gasteiger partial charge on any atom is 0.156 e. The van der Waals surface area contributed by atoms with Crippen LogP contribution in [0.4, 0.5) is 4.39 Å². The molecule has 0 spiro atoms. The van der Waals surface area contributed by atoms with Crippen molar-refractivity contribution in [2.75, 3.05) is 6.54 Å². The Morgan fingerprint density at radius 2 is 2.33 bits per heavy atom. The average molecular weight is 188 g/mol. The van der Waals surface area contributed by atoms with Gasteiger partial charge in [0.25, 0.3) is 0 Å². The number of hydrogen-bond acceptors (Lipinski definition) is 3. The third-order valence-corrected chi connectivity index (χ3v) is 2.65. The lowest BCUT2D eigenvalue weighted by Crippen LogP contribution is -2.09. The molecule has 0 aliphatic carbocycles. The van der Waals surface area contributed by atoms with E-state index in [9.17, 15) is 4.39 Å². The smallest absolute Gasteiger partial charge is 0.156 e. The first-order chi connectivity index (χ1) is 5.54. The zero-order valence-electron chi connectivity index (χ0n) is 7.30. The summed E-state index contributed by atoms with van der Waals surface area (Å²) in [4.78, 5) is 4.13. The molecular weight excluding hydrogens is 175 g/mol. The van der Waals surface area contributed by atoms with E-state index in [2.05, 4.69) is 4.98 Å². The highest BCUT2D eigenvalue weighted by atomic mass is 32.1. The van der Waals surface area contributed by atoms with Gasteiger partial charge in [-0.3, -0.25) is 0 Å². The number of alkyl halides is 1. The number of nitrogens with zero attached hydrogens (tertiary/aromatic N) is 1. The summed E-state index contributed by atoms with van der Waals surface area (Å²) in [6.45, 7) is 3.59. The van der Waals surface area contributed by atoms with E-state index in [1.54, 1.807) is 0 Å². The van der Waals surface area contributed by atoms with Crippen LogP contribution < -0.4 is 5.73 Å². The van der Waals surface area contributed by atoms with Gasteiger partial charge in [0.2, 0.25) is 0 Å². The lowest BCUT2D eigenvalue weighted by Gasteiger charge is -2.08. The van der Waals surface area contributed by atoms with Gasteiger partial charge in [0, 0.05) is 11.8 Å². The standard InChI is InChI=1S/C8H13FN2S/c1-8(2,9)7-11-6(3-4-10)5-12-7/h5H,3-4,10H2,1-2H3. The lowest BCUT2D eigenvalue weighted by molar-refractivity contribution is 0.220. The van der Waals surface area contributed by atoms with Crippen molar-refractivity contribution in [3.63, 3.8) is 0 Å². The van der Waals surface area contributed by atoms with E-state index >= 15 is 0 Å². The fraction of sp³-hybridized carbons (Fsp3) is 0.625. The maximum atomic E-state index is 13.3. The molecule has 12 heavy (non-hydrogen) atoms. The van der Waals surface area contributed by atoms with Gasteiger partial charge in [-0.25, -0.2) is 9.37 Å². The SMILES string of the molecule is CC(C)(F)c1nc(CCN)cs1. The van der Waals surface area contributed by atoms with Crippen LogP contribution in [0.5, 0.6) is 0 Å². The van der Waals surface area contributed by atoms with Crippen LogP contribution in [-0.4, -0.2) is 11.5 Å². The second-order valence-electron chi connectivity index (χ2n) is 3.16. The van der Waals surface area contributed by atoms with Crippen molar-refractivity contribution >= 4 is 11.3 Å². The van der Waals surface area contributed by atoms with Crippen molar-refractivity contribution in [3.8, 4) is 0 Å². The number of halogens is 1. The minimum atomic E-state index is -1.32. The molecule has 0 aliphatic rings. The van der Waals surface area contributed by atoms with Gasteiger partial charge in [-0.1, -0.05) is 0 Å². The Hall–Kier alpha value is -0.480. The molecule has 2 N–H and O–H groups in total. The van der Waals surface area contributed by atoms with Crippen LogP contribution in [0, 0.1) is 0 Å². The average Bonchev–Trinajstić information content (AvgIpc) is 2.35. The van der Waals surface area contributed by atoms with Crippen LogP contribution in [0.15, 0.2) is 5.38 Å². The fourth-order valence-corrected chi connectivity index (χ4v) is 1.71. The Labute approximate surface area is 75.6 Å². The van der Waals surface area contributed by atoms with Gasteiger partial charge in [0.05, 0.1) is 5.69 Å². The summed E-state index contributed by atoms with van der Waals surface area (Å²) in [7, 11) is 0.